The van der Waals surface area contributed by atoms with Gasteiger partial charge in [-0.2, -0.15) is 0 Å². The summed E-state index contributed by atoms with van der Waals surface area (Å²) >= 11 is 6.50. The Bertz CT molecular complexity index is 929. The maximum Gasteiger partial charge on any atom is 0.163 e. The van der Waals surface area contributed by atoms with Crippen LogP contribution in [0.15, 0.2) is 66.7 Å². The minimum absolute atomic E-state index is 0.427. The Hall–Kier alpha value is -2.53. The molecule has 0 fully saturated rings. The summed E-state index contributed by atoms with van der Waals surface area (Å²) in [6.45, 7) is 5.91. The van der Waals surface area contributed by atoms with Gasteiger partial charge in [-0.15, -0.1) is 0 Å². The lowest BCUT2D eigenvalue weighted by Gasteiger charge is -2.16. The number of rotatable bonds is 10. The SMILES string of the molecule is CCOc1cc(CNCC(O)c2ccccc2)c(Cl)cc1OCc1ccc(C)cc1. The van der Waals surface area contributed by atoms with Crippen molar-refractivity contribution in [2.45, 2.75) is 33.1 Å². The van der Waals surface area contributed by atoms with E-state index in [1.165, 1.54) is 5.56 Å². The fourth-order valence-electron chi connectivity index (χ4n) is 3.08. The molecule has 0 spiro atoms. The van der Waals surface area contributed by atoms with Gasteiger partial charge in [0.25, 0.3) is 0 Å². The van der Waals surface area contributed by atoms with Gasteiger partial charge in [-0.25, -0.2) is 0 Å². The van der Waals surface area contributed by atoms with Crippen molar-refractivity contribution in [3.8, 4) is 11.5 Å². The first-order chi connectivity index (χ1) is 14.6. The molecular weight excluding hydrogens is 398 g/mol. The predicted molar refractivity (Wildman–Crippen MR) is 121 cm³/mol. The third-order valence-corrected chi connectivity index (χ3v) is 5.12. The minimum atomic E-state index is -0.576. The van der Waals surface area contributed by atoms with Crippen molar-refractivity contribution < 1.29 is 14.6 Å². The Kier molecular flexibility index (Phi) is 8.14. The summed E-state index contributed by atoms with van der Waals surface area (Å²) in [6, 6.07) is 21.5. The number of nitrogens with one attached hydrogen (secondary N) is 1. The van der Waals surface area contributed by atoms with Crippen LogP contribution in [0.4, 0.5) is 0 Å². The molecular formula is C25H28ClNO3. The van der Waals surface area contributed by atoms with Gasteiger partial charge in [0, 0.05) is 24.2 Å². The van der Waals surface area contributed by atoms with Crippen molar-refractivity contribution in [3.63, 3.8) is 0 Å². The number of aliphatic hydroxyl groups is 1. The lowest BCUT2D eigenvalue weighted by Crippen LogP contribution is -2.21. The second-order valence-corrected chi connectivity index (χ2v) is 7.56. The van der Waals surface area contributed by atoms with E-state index in [1.54, 1.807) is 6.07 Å². The van der Waals surface area contributed by atoms with Gasteiger partial charge in [-0.05, 0) is 36.6 Å². The van der Waals surface area contributed by atoms with E-state index < -0.39 is 6.10 Å². The predicted octanol–water partition coefficient (Wildman–Crippen LogP) is 5.45. The molecule has 0 aromatic heterocycles. The number of benzene rings is 3. The Morgan fingerprint density at radius 3 is 2.37 bits per heavy atom. The molecule has 0 radical (unpaired) electrons. The van der Waals surface area contributed by atoms with Crippen LogP contribution in [0, 0.1) is 6.92 Å². The maximum absolute atomic E-state index is 10.3. The number of aryl methyl sites for hydroxylation is 1. The van der Waals surface area contributed by atoms with E-state index in [4.69, 9.17) is 21.1 Å². The van der Waals surface area contributed by atoms with Gasteiger partial charge in [0.1, 0.15) is 6.61 Å². The zero-order valence-electron chi connectivity index (χ0n) is 17.4. The molecule has 0 aliphatic heterocycles. The molecule has 0 saturated carbocycles. The number of halogens is 1. The highest BCUT2D eigenvalue weighted by Gasteiger charge is 2.13. The van der Waals surface area contributed by atoms with Gasteiger partial charge < -0.3 is 19.9 Å². The van der Waals surface area contributed by atoms with E-state index in [2.05, 4.69) is 24.4 Å². The molecule has 158 valence electrons. The molecule has 4 nitrogen and oxygen atoms in total. The Balaban J connectivity index is 1.63. The lowest BCUT2D eigenvalue weighted by molar-refractivity contribution is 0.174. The van der Waals surface area contributed by atoms with Gasteiger partial charge in [0.2, 0.25) is 0 Å². The fraction of sp³-hybridized carbons (Fsp3) is 0.280. The molecule has 3 rings (SSSR count). The number of aliphatic hydroxyl groups excluding tert-OH is 1. The molecule has 1 unspecified atom stereocenters. The van der Waals surface area contributed by atoms with Crippen molar-refractivity contribution in [1.82, 2.24) is 5.32 Å². The van der Waals surface area contributed by atoms with Gasteiger partial charge in [0.05, 0.1) is 12.7 Å². The lowest BCUT2D eigenvalue weighted by atomic mass is 10.1. The number of ether oxygens (including phenoxy) is 2. The largest absolute Gasteiger partial charge is 0.490 e. The monoisotopic (exact) mass is 425 g/mol. The first-order valence-corrected chi connectivity index (χ1v) is 10.5. The van der Waals surface area contributed by atoms with Crippen LogP contribution in [0.3, 0.4) is 0 Å². The third-order valence-electron chi connectivity index (χ3n) is 4.77. The molecule has 5 heteroatoms. The van der Waals surface area contributed by atoms with Crippen molar-refractivity contribution in [3.05, 3.63) is 94.0 Å². The van der Waals surface area contributed by atoms with Crippen LogP contribution in [-0.2, 0) is 13.2 Å². The molecule has 2 N–H and O–H groups in total. The highest BCUT2D eigenvalue weighted by atomic mass is 35.5. The smallest absolute Gasteiger partial charge is 0.163 e. The highest BCUT2D eigenvalue weighted by molar-refractivity contribution is 6.31. The van der Waals surface area contributed by atoms with Gasteiger partial charge in [0.15, 0.2) is 11.5 Å². The standard InChI is InChI=1S/C25H28ClNO3/c1-3-29-24-13-21(15-27-16-23(28)20-7-5-4-6-8-20)22(26)14-25(24)30-17-19-11-9-18(2)10-12-19/h4-14,23,27-28H,3,15-17H2,1-2H3. The van der Waals surface area contributed by atoms with E-state index in [0.29, 0.717) is 42.8 Å². The first-order valence-electron chi connectivity index (χ1n) is 10.1. The molecule has 0 saturated heterocycles. The van der Waals surface area contributed by atoms with E-state index in [9.17, 15) is 5.11 Å². The first kappa shape index (κ1) is 22.2. The molecule has 0 aliphatic carbocycles. The molecule has 0 amide bonds. The zero-order valence-corrected chi connectivity index (χ0v) is 18.2. The molecule has 3 aromatic rings. The van der Waals surface area contributed by atoms with Crippen LogP contribution >= 0.6 is 11.6 Å². The van der Waals surface area contributed by atoms with E-state index in [-0.39, 0.29) is 0 Å². The topological polar surface area (TPSA) is 50.7 Å². The van der Waals surface area contributed by atoms with Crippen molar-refractivity contribution in [2.75, 3.05) is 13.2 Å². The summed E-state index contributed by atoms with van der Waals surface area (Å²) in [5, 5.41) is 14.2. The van der Waals surface area contributed by atoms with Crippen LogP contribution in [0.1, 0.15) is 35.3 Å². The van der Waals surface area contributed by atoms with Gasteiger partial charge in [-0.3, -0.25) is 0 Å². The van der Waals surface area contributed by atoms with E-state index in [0.717, 1.165) is 16.7 Å². The molecule has 1 atom stereocenters. The fourth-order valence-corrected chi connectivity index (χ4v) is 3.30. The Morgan fingerprint density at radius 2 is 1.67 bits per heavy atom. The van der Waals surface area contributed by atoms with Crippen LogP contribution in [0.2, 0.25) is 5.02 Å². The minimum Gasteiger partial charge on any atom is -0.490 e. The zero-order chi connectivity index (χ0) is 21.3. The summed E-state index contributed by atoms with van der Waals surface area (Å²) in [7, 11) is 0. The van der Waals surface area contributed by atoms with Gasteiger partial charge in [-0.1, -0.05) is 71.8 Å². The van der Waals surface area contributed by atoms with Gasteiger partial charge >= 0.3 is 0 Å². The van der Waals surface area contributed by atoms with Crippen LogP contribution < -0.4 is 14.8 Å². The molecule has 0 heterocycles. The average molecular weight is 426 g/mol. The number of hydrogen-bond donors (Lipinski definition) is 2. The quantitative estimate of drug-likeness (QED) is 0.453. The highest BCUT2D eigenvalue weighted by Crippen LogP contribution is 2.34. The van der Waals surface area contributed by atoms with Crippen LogP contribution in [0.5, 0.6) is 11.5 Å². The summed E-state index contributed by atoms with van der Waals surface area (Å²) < 4.78 is 11.8. The maximum atomic E-state index is 10.3. The summed E-state index contributed by atoms with van der Waals surface area (Å²) in [5.74, 6) is 1.28. The third kappa shape index (κ3) is 6.23. The normalized spacial score (nSPS) is 11.9. The molecule has 3 aromatic carbocycles. The van der Waals surface area contributed by atoms with Crippen molar-refractivity contribution in [2.24, 2.45) is 0 Å². The number of hydrogen-bond acceptors (Lipinski definition) is 4. The van der Waals surface area contributed by atoms with Crippen LogP contribution in [0.25, 0.3) is 0 Å². The second kappa shape index (κ2) is 11.0. The molecule has 0 bridgehead atoms. The van der Waals surface area contributed by atoms with Crippen molar-refractivity contribution >= 4 is 11.6 Å². The van der Waals surface area contributed by atoms with Crippen LogP contribution in [-0.4, -0.2) is 18.3 Å². The van der Waals surface area contributed by atoms with E-state index in [1.807, 2.05) is 55.5 Å². The molecule has 0 aliphatic rings. The Morgan fingerprint density at radius 1 is 0.967 bits per heavy atom. The summed E-state index contributed by atoms with van der Waals surface area (Å²) in [5.41, 5.74) is 4.07. The average Bonchev–Trinajstić information content (AvgIpc) is 2.76. The second-order valence-electron chi connectivity index (χ2n) is 7.16. The van der Waals surface area contributed by atoms with E-state index >= 15 is 0 Å². The van der Waals surface area contributed by atoms with Crippen molar-refractivity contribution in [1.29, 1.82) is 0 Å². The molecule has 30 heavy (non-hydrogen) atoms. The summed E-state index contributed by atoms with van der Waals surface area (Å²) in [6.07, 6.45) is -0.576. The summed E-state index contributed by atoms with van der Waals surface area (Å²) in [4.78, 5) is 0. The Labute approximate surface area is 183 Å².